The van der Waals surface area contributed by atoms with Crippen molar-refractivity contribution in [1.82, 2.24) is 5.32 Å². The predicted molar refractivity (Wildman–Crippen MR) is 87.2 cm³/mol. The summed E-state index contributed by atoms with van der Waals surface area (Å²) >= 11 is 0. The summed E-state index contributed by atoms with van der Waals surface area (Å²) in [5, 5.41) is 2.77. The van der Waals surface area contributed by atoms with Crippen molar-refractivity contribution in [2.75, 3.05) is 31.2 Å². The van der Waals surface area contributed by atoms with Gasteiger partial charge in [-0.2, -0.15) is 0 Å². The average Bonchev–Trinajstić information content (AvgIpc) is 2.73. The van der Waals surface area contributed by atoms with Crippen molar-refractivity contribution in [1.29, 1.82) is 0 Å². The first-order chi connectivity index (χ1) is 10.4. The molecular weight excluding hydrogens is 280 g/mol. The monoisotopic (exact) mass is 306 g/mol. The third kappa shape index (κ3) is 5.56. The van der Waals surface area contributed by atoms with E-state index >= 15 is 0 Å². The van der Waals surface area contributed by atoms with E-state index < -0.39 is 5.60 Å². The van der Waals surface area contributed by atoms with Crippen LogP contribution in [-0.2, 0) is 16.0 Å². The van der Waals surface area contributed by atoms with Crippen LogP contribution in [0.2, 0.25) is 0 Å². The van der Waals surface area contributed by atoms with E-state index in [1.54, 1.807) is 0 Å². The molecule has 5 nitrogen and oxygen atoms in total. The number of carbonyl (C=O) groups is 1. The summed E-state index contributed by atoms with van der Waals surface area (Å²) in [6.45, 7) is 9.60. The first-order valence-electron chi connectivity index (χ1n) is 7.82. The molecule has 5 heteroatoms. The Labute approximate surface area is 132 Å². The second kappa shape index (κ2) is 7.49. The normalized spacial score (nSPS) is 16.0. The molecule has 2 rings (SSSR count). The van der Waals surface area contributed by atoms with Crippen LogP contribution in [0.5, 0.6) is 0 Å². The molecule has 0 saturated carbocycles. The first kappa shape index (κ1) is 16.6. The number of benzene rings is 1. The molecule has 1 fully saturated rings. The fourth-order valence-corrected chi connectivity index (χ4v) is 2.32. The lowest BCUT2D eigenvalue weighted by Gasteiger charge is -2.22. The van der Waals surface area contributed by atoms with Crippen molar-refractivity contribution >= 4 is 11.8 Å². The number of carbonyl (C=O) groups excluding carboxylic acids is 1. The molecule has 1 aromatic rings. The molecule has 1 aromatic carbocycles. The fourth-order valence-electron chi connectivity index (χ4n) is 2.32. The van der Waals surface area contributed by atoms with Gasteiger partial charge in [-0.25, -0.2) is 4.79 Å². The second-order valence-corrected chi connectivity index (χ2v) is 6.47. The van der Waals surface area contributed by atoms with Crippen LogP contribution in [0.3, 0.4) is 0 Å². The highest BCUT2D eigenvalue weighted by atomic mass is 16.6. The highest BCUT2D eigenvalue weighted by Crippen LogP contribution is 2.17. The van der Waals surface area contributed by atoms with Gasteiger partial charge < -0.3 is 19.7 Å². The van der Waals surface area contributed by atoms with E-state index in [1.165, 1.54) is 5.69 Å². The molecule has 0 radical (unpaired) electrons. The van der Waals surface area contributed by atoms with Gasteiger partial charge in [0.2, 0.25) is 0 Å². The molecule has 0 unspecified atom stereocenters. The Morgan fingerprint density at radius 1 is 1.23 bits per heavy atom. The van der Waals surface area contributed by atoms with Crippen LogP contribution in [0.4, 0.5) is 10.5 Å². The van der Waals surface area contributed by atoms with Gasteiger partial charge in [-0.1, -0.05) is 12.1 Å². The summed E-state index contributed by atoms with van der Waals surface area (Å²) in [7, 11) is 0. The maximum atomic E-state index is 11.6. The molecule has 0 atom stereocenters. The topological polar surface area (TPSA) is 50.8 Å². The van der Waals surface area contributed by atoms with Crippen LogP contribution >= 0.6 is 0 Å². The number of ether oxygens (including phenoxy) is 2. The van der Waals surface area contributed by atoms with Crippen LogP contribution in [0.25, 0.3) is 0 Å². The molecule has 1 N–H and O–H groups in total. The molecular formula is C17H26N2O3. The number of anilines is 1. The van der Waals surface area contributed by atoms with Crippen molar-refractivity contribution in [3.05, 3.63) is 29.8 Å². The highest BCUT2D eigenvalue weighted by molar-refractivity contribution is 5.67. The Kier molecular flexibility index (Phi) is 5.66. The number of nitrogens with one attached hydrogen (secondary N) is 1. The number of hydrogen-bond acceptors (Lipinski definition) is 4. The van der Waals surface area contributed by atoms with E-state index in [9.17, 15) is 4.79 Å². The van der Waals surface area contributed by atoms with Gasteiger partial charge in [-0.05, 0) is 44.9 Å². The summed E-state index contributed by atoms with van der Waals surface area (Å²) in [5.74, 6) is 0. The van der Waals surface area contributed by atoms with Gasteiger partial charge in [0.15, 0.2) is 0 Å². The van der Waals surface area contributed by atoms with Gasteiger partial charge in [0.05, 0.1) is 6.61 Å². The lowest BCUT2D eigenvalue weighted by Crippen LogP contribution is -2.32. The molecule has 0 spiro atoms. The van der Waals surface area contributed by atoms with E-state index in [-0.39, 0.29) is 6.09 Å². The van der Waals surface area contributed by atoms with Crippen molar-refractivity contribution in [3.63, 3.8) is 0 Å². The molecule has 0 aromatic heterocycles. The van der Waals surface area contributed by atoms with E-state index in [0.29, 0.717) is 6.54 Å². The summed E-state index contributed by atoms with van der Waals surface area (Å²) in [5.41, 5.74) is 1.79. The summed E-state index contributed by atoms with van der Waals surface area (Å²) in [6.07, 6.45) is 0.670. The Morgan fingerprint density at radius 2 is 1.95 bits per heavy atom. The summed E-state index contributed by atoms with van der Waals surface area (Å²) in [4.78, 5) is 14.0. The van der Waals surface area contributed by atoms with Gasteiger partial charge in [0.25, 0.3) is 0 Å². The van der Waals surface area contributed by atoms with Gasteiger partial charge in [0.1, 0.15) is 5.60 Å². The van der Waals surface area contributed by atoms with E-state index in [0.717, 1.165) is 38.3 Å². The lowest BCUT2D eigenvalue weighted by atomic mass is 10.2. The minimum atomic E-state index is -0.469. The first-order valence-corrected chi connectivity index (χ1v) is 7.82. The Balaban J connectivity index is 1.85. The Hall–Kier alpha value is -1.75. The van der Waals surface area contributed by atoms with Crippen molar-refractivity contribution in [3.8, 4) is 0 Å². The molecule has 122 valence electrons. The minimum Gasteiger partial charge on any atom is -0.444 e. The van der Waals surface area contributed by atoms with Crippen LogP contribution in [0.15, 0.2) is 24.3 Å². The standard InChI is InChI=1S/C17H26N2O3/c1-17(2,3)22-16(20)18-13-14-5-7-15(8-6-14)19-9-4-11-21-12-10-19/h5-8H,4,9-13H2,1-3H3,(H,18,20). The molecule has 1 saturated heterocycles. The molecule has 1 aliphatic heterocycles. The molecule has 0 aliphatic carbocycles. The third-order valence-corrected chi connectivity index (χ3v) is 3.36. The minimum absolute atomic E-state index is 0.388. The third-order valence-electron chi connectivity index (χ3n) is 3.36. The summed E-state index contributed by atoms with van der Waals surface area (Å²) < 4.78 is 10.7. The zero-order chi connectivity index (χ0) is 16.0. The average molecular weight is 306 g/mol. The number of rotatable bonds is 3. The van der Waals surface area contributed by atoms with Crippen molar-refractivity contribution in [2.45, 2.75) is 39.3 Å². The number of alkyl carbamates (subject to hydrolysis) is 1. The van der Waals surface area contributed by atoms with E-state index in [4.69, 9.17) is 9.47 Å². The van der Waals surface area contributed by atoms with Gasteiger partial charge >= 0.3 is 6.09 Å². The largest absolute Gasteiger partial charge is 0.444 e. The van der Waals surface area contributed by atoms with Crippen LogP contribution in [0.1, 0.15) is 32.8 Å². The van der Waals surface area contributed by atoms with Crippen molar-refractivity contribution < 1.29 is 14.3 Å². The van der Waals surface area contributed by atoms with E-state index in [2.05, 4.69) is 22.3 Å². The number of amides is 1. The van der Waals surface area contributed by atoms with Gasteiger partial charge in [-0.3, -0.25) is 0 Å². The van der Waals surface area contributed by atoms with E-state index in [1.807, 2.05) is 32.9 Å². The maximum Gasteiger partial charge on any atom is 0.407 e. The molecule has 1 amide bonds. The molecule has 22 heavy (non-hydrogen) atoms. The highest BCUT2D eigenvalue weighted by Gasteiger charge is 2.15. The SMILES string of the molecule is CC(C)(C)OC(=O)NCc1ccc(N2CCCOCC2)cc1. The Morgan fingerprint density at radius 3 is 2.64 bits per heavy atom. The molecule has 0 bridgehead atoms. The Bertz CT molecular complexity index is 472. The molecule has 1 aliphatic rings. The summed E-state index contributed by atoms with van der Waals surface area (Å²) in [6, 6.07) is 8.27. The maximum absolute atomic E-state index is 11.6. The predicted octanol–water partition coefficient (Wildman–Crippen LogP) is 2.94. The zero-order valence-electron chi connectivity index (χ0n) is 13.7. The van der Waals surface area contributed by atoms with Crippen LogP contribution < -0.4 is 10.2 Å². The van der Waals surface area contributed by atoms with Gasteiger partial charge in [-0.15, -0.1) is 0 Å². The fraction of sp³-hybridized carbons (Fsp3) is 0.588. The molecule has 1 heterocycles. The van der Waals surface area contributed by atoms with Crippen LogP contribution in [0, 0.1) is 0 Å². The van der Waals surface area contributed by atoms with Gasteiger partial charge in [0, 0.05) is 31.9 Å². The quantitative estimate of drug-likeness (QED) is 0.933. The second-order valence-electron chi connectivity index (χ2n) is 6.47. The van der Waals surface area contributed by atoms with Crippen LogP contribution in [-0.4, -0.2) is 38.0 Å². The number of nitrogens with zero attached hydrogens (tertiary/aromatic N) is 1. The lowest BCUT2D eigenvalue weighted by molar-refractivity contribution is 0.0523. The smallest absolute Gasteiger partial charge is 0.407 e. The number of hydrogen-bond donors (Lipinski definition) is 1. The van der Waals surface area contributed by atoms with Crippen molar-refractivity contribution in [2.24, 2.45) is 0 Å². The zero-order valence-corrected chi connectivity index (χ0v) is 13.7.